The Morgan fingerprint density at radius 1 is 1.38 bits per heavy atom. The molecule has 1 aliphatic rings. The molecule has 0 aromatic rings. The van der Waals surface area contributed by atoms with E-state index in [2.05, 4.69) is 6.92 Å². The minimum atomic E-state index is -0.527. The highest BCUT2D eigenvalue weighted by molar-refractivity contribution is 4.82. The van der Waals surface area contributed by atoms with Crippen molar-refractivity contribution in [2.24, 2.45) is 5.92 Å². The van der Waals surface area contributed by atoms with Gasteiger partial charge in [-0.1, -0.05) is 19.8 Å². The third kappa shape index (κ3) is 3.65. The van der Waals surface area contributed by atoms with E-state index in [-0.39, 0.29) is 0 Å². The van der Waals surface area contributed by atoms with Crippen molar-refractivity contribution in [1.82, 2.24) is 0 Å². The van der Waals surface area contributed by atoms with E-state index >= 15 is 0 Å². The van der Waals surface area contributed by atoms with Crippen molar-refractivity contribution in [1.29, 1.82) is 0 Å². The van der Waals surface area contributed by atoms with Crippen LogP contribution in [-0.2, 0) is 4.74 Å². The van der Waals surface area contributed by atoms with E-state index in [1.165, 1.54) is 6.42 Å². The molecule has 0 heterocycles. The molecule has 0 aliphatic heterocycles. The molecule has 1 saturated carbocycles. The van der Waals surface area contributed by atoms with Crippen LogP contribution in [0.3, 0.4) is 0 Å². The van der Waals surface area contributed by atoms with Gasteiger partial charge in [-0.3, -0.25) is 0 Å². The number of rotatable bonds is 3. The lowest BCUT2D eigenvalue weighted by atomic mass is 9.95. The van der Waals surface area contributed by atoms with Gasteiger partial charge in [-0.05, 0) is 32.1 Å². The summed E-state index contributed by atoms with van der Waals surface area (Å²) in [5.74, 6) is 0.774. The highest BCUT2D eigenvalue weighted by atomic mass is 16.5. The molecule has 78 valence electrons. The first-order chi connectivity index (χ1) is 6.16. The Labute approximate surface area is 81.3 Å². The molecule has 2 atom stereocenters. The Morgan fingerprint density at radius 2 is 2.15 bits per heavy atom. The summed E-state index contributed by atoms with van der Waals surface area (Å²) in [5, 5.41) is 10.2. The zero-order chi connectivity index (χ0) is 9.73. The molecular weight excluding hydrogens is 164 g/mol. The lowest BCUT2D eigenvalue weighted by Gasteiger charge is -2.26. The van der Waals surface area contributed by atoms with Crippen LogP contribution in [0.4, 0.5) is 0 Å². The summed E-state index contributed by atoms with van der Waals surface area (Å²) in [4.78, 5) is 0. The van der Waals surface area contributed by atoms with Gasteiger partial charge in [0.15, 0.2) is 0 Å². The molecule has 0 spiro atoms. The van der Waals surface area contributed by atoms with Crippen LogP contribution < -0.4 is 0 Å². The molecular formula is C11H22O2. The molecule has 0 radical (unpaired) electrons. The summed E-state index contributed by atoms with van der Waals surface area (Å²) in [7, 11) is 0. The Hall–Kier alpha value is -0.0800. The van der Waals surface area contributed by atoms with Crippen molar-refractivity contribution < 1.29 is 9.84 Å². The van der Waals surface area contributed by atoms with E-state index < -0.39 is 5.60 Å². The van der Waals surface area contributed by atoms with Gasteiger partial charge in [0.25, 0.3) is 0 Å². The average Bonchev–Trinajstić information content (AvgIpc) is 2.27. The highest BCUT2D eigenvalue weighted by Gasteiger charge is 2.29. The number of hydrogen-bond acceptors (Lipinski definition) is 2. The molecule has 0 amide bonds. The van der Waals surface area contributed by atoms with Crippen LogP contribution in [0, 0.1) is 5.92 Å². The second-order valence-electron chi connectivity index (χ2n) is 4.40. The molecule has 1 aliphatic carbocycles. The first kappa shape index (κ1) is 11.0. The van der Waals surface area contributed by atoms with E-state index in [4.69, 9.17) is 4.74 Å². The van der Waals surface area contributed by atoms with Crippen LogP contribution in [0.1, 0.15) is 46.0 Å². The maximum absolute atomic E-state index is 10.2. The first-order valence-corrected chi connectivity index (χ1v) is 5.46. The topological polar surface area (TPSA) is 29.5 Å². The van der Waals surface area contributed by atoms with Crippen molar-refractivity contribution in [2.75, 3.05) is 13.2 Å². The van der Waals surface area contributed by atoms with E-state index in [1.54, 1.807) is 0 Å². The van der Waals surface area contributed by atoms with Crippen LogP contribution in [0.15, 0.2) is 0 Å². The van der Waals surface area contributed by atoms with Gasteiger partial charge in [0, 0.05) is 6.61 Å². The summed E-state index contributed by atoms with van der Waals surface area (Å²) in [6.07, 6.45) is 5.37. The standard InChI is InChI=1S/C11H22O2/c1-3-13-9-11(12)7-4-5-10(2)6-8-11/h10,12H,3-9H2,1-2H3. The monoisotopic (exact) mass is 186 g/mol. The molecule has 0 aromatic heterocycles. The van der Waals surface area contributed by atoms with Gasteiger partial charge < -0.3 is 9.84 Å². The van der Waals surface area contributed by atoms with Crippen LogP contribution in [0.5, 0.6) is 0 Å². The fraction of sp³-hybridized carbons (Fsp3) is 1.00. The SMILES string of the molecule is CCOCC1(O)CCCC(C)CC1. The van der Waals surface area contributed by atoms with Crippen molar-refractivity contribution in [3.8, 4) is 0 Å². The predicted molar refractivity (Wildman–Crippen MR) is 53.7 cm³/mol. The van der Waals surface area contributed by atoms with Crippen molar-refractivity contribution >= 4 is 0 Å². The first-order valence-electron chi connectivity index (χ1n) is 5.46. The lowest BCUT2D eigenvalue weighted by molar-refractivity contribution is -0.0533. The summed E-state index contributed by atoms with van der Waals surface area (Å²) in [6.45, 7) is 5.48. The van der Waals surface area contributed by atoms with Crippen LogP contribution >= 0.6 is 0 Å². The average molecular weight is 186 g/mol. The van der Waals surface area contributed by atoms with Gasteiger partial charge in [0.2, 0.25) is 0 Å². The fourth-order valence-electron chi connectivity index (χ4n) is 2.00. The molecule has 2 nitrogen and oxygen atoms in total. The number of ether oxygens (including phenoxy) is 1. The van der Waals surface area contributed by atoms with Gasteiger partial charge in [-0.15, -0.1) is 0 Å². The molecule has 0 aromatic carbocycles. The van der Waals surface area contributed by atoms with Crippen molar-refractivity contribution in [2.45, 2.75) is 51.6 Å². The maximum Gasteiger partial charge on any atom is 0.0880 e. The van der Waals surface area contributed by atoms with E-state index in [0.717, 1.165) is 31.6 Å². The molecule has 2 heteroatoms. The predicted octanol–water partition coefficient (Wildman–Crippen LogP) is 2.35. The zero-order valence-electron chi connectivity index (χ0n) is 8.88. The van der Waals surface area contributed by atoms with Gasteiger partial charge in [-0.2, -0.15) is 0 Å². The Morgan fingerprint density at radius 3 is 2.85 bits per heavy atom. The minimum Gasteiger partial charge on any atom is -0.387 e. The van der Waals surface area contributed by atoms with E-state index in [0.29, 0.717) is 13.2 Å². The quantitative estimate of drug-likeness (QED) is 0.686. The lowest BCUT2D eigenvalue weighted by Crippen LogP contribution is -2.33. The van der Waals surface area contributed by atoms with Crippen LogP contribution in [0.25, 0.3) is 0 Å². The third-order valence-corrected chi connectivity index (χ3v) is 3.02. The second-order valence-corrected chi connectivity index (χ2v) is 4.40. The van der Waals surface area contributed by atoms with Gasteiger partial charge in [-0.25, -0.2) is 0 Å². The largest absolute Gasteiger partial charge is 0.387 e. The smallest absolute Gasteiger partial charge is 0.0880 e. The van der Waals surface area contributed by atoms with Crippen LogP contribution in [0.2, 0.25) is 0 Å². The minimum absolute atomic E-state index is 0.524. The summed E-state index contributed by atoms with van der Waals surface area (Å²) < 4.78 is 5.32. The molecule has 1 N–H and O–H groups in total. The number of aliphatic hydroxyl groups is 1. The van der Waals surface area contributed by atoms with Gasteiger partial charge in [0.1, 0.15) is 0 Å². The summed E-state index contributed by atoms with van der Waals surface area (Å²) >= 11 is 0. The van der Waals surface area contributed by atoms with Gasteiger partial charge in [0.05, 0.1) is 12.2 Å². The summed E-state index contributed by atoms with van der Waals surface area (Å²) in [5.41, 5.74) is -0.527. The van der Waals surface area contributed by atoms with E-state index in [9.17, 15) is 5.11 Å². The second kappa shape index (κ2) is 4.97. The Bertz CT molecular complexity index is 143. The number of hydrogen-bond donors (Lipinski definition) is 1. The fourth-order valence-corrected chi connectivity index (χ4v) is 2.00. The van der Waals surface area contributed by atoms with Gasteiger partial charge >= 0.3 is 0 Å². The van der Waals surface area contributed by atoms with Crippen molar-refractivity contribution in [3.63, 3.8) is 0 Å². The molecule has 13 heavy (non-hydrogen) atoms. The maximum atomic E-state index is 10.2. The third-order valence-electron chi connectivity index (χ3n) is 3.02. The Kier molecular flexibility index (Phi) is 4.20. The van der Waals surface area contributed by atoms with E-state index in [1.807, 2.05) is 6.92 Å². The zero-order valence-corrected chi connectivity index (χ0v) is 8.88. The Balaban J connectivity index is 2.37. The summed E-state index contributed by atoms with van der Waals surface area (Å²) in [6, 6.07) is 0. The molecule has 1 fully saturated rings. The normalized spacial score (nSPS) is 35.8. The van der Waals surface area contributed by atoms with Crippen molar-refractivity contribution in [3.05, 3.63) is 0 Å². The van der Waals surface area contributed by atoms with Crippen LogP contribution in [-0.4, -0.2) is 23.9 Å². The molecule has 2 unspecified atom stereocenters. The molecule has 1 rings (SSSR count). The molecule has 0 saturated heterocycles. The molecule has 0 bridgehead atoms. The highest BCUT2D eigenvalue weighted by Crippen LogP contribution is 2.30.